The SMILES string of the molecule is O=C(O)C=Cc1ccc2ncnc(NC3CCC(N4CCOCC4)CC3)c2c1. The van der Waals surface area contributed by atoms with Gasteiger partial charge in [0, 0.05) is 36.6 Å². The van der Waals surface area contributed by atoms with Crippen LogP contribution in [0.3, 0.4) is 0 Å². The van der Waals surface area contributed by atoms with Crippen LogP contribution in [-0.4, -0.2) is 64.3 Å². The first-order valence-corrected chi connectivity index (χ1v) is 9.93. The van der Waals surface area contributed by atoms with Crippen LogP contribution in [0.4, 0.5) is 5.82 Å². The van der Waals surface area contributed by atoms with Crippen molar-refractivity contribution in [2.24, 2.45) is 0 Å². The number of aliphatic carboxylic acids is 1. The Labute approximate surface area is 164 Å². The maximum atomic E-state index is 10.8. The molecule has 1 saturated carbocycles. The van der Waals surface area contributed by atoms with Crippen molar-refractivity contribution in [3.8, 4) is 0 Å². The second-order valence-electron chi connectivity index (χ2n) is 7.47. The van der Waals surface area contributed by atoms with Gasteiger partial charge in [0.15, 0.2) is 0 Å². The Balaban J connectivity index is 1.44. The van der Waals surface area contributed by atoms with Crippen molar-refractivity contribution in [1.82, 2.24) is 14.9 Å². The minimum Gasteiger partial charge on any atom is -0.478 e. The van der Waals surface area contributed by atoms with Crippen LogP contribution in [0.2, 0.25) is 0 Å². The molecule has 7 nitrogen and oxygen atoms in total. The van der Waals surface area contributed by atoms with Crippen LogP contribution in [0.1, 0.15) is 31.2 Å². The smallest absolute Gasteiger partial charge is 0.328 e. The molecule has 0 spiro atoms. The quantitative estimate of drug-likeness (QED) is 0.769. The van der Waals surface area contributed by atoms with Crippen molar-refractivity contribution in [3.05, 3.63) is 36.2 Å². The maximum Gasteiger partial charge on any atom is 0.328 e. The molecule has 1 aromatic heterocycles. The Kier molecular flexibility index (Phi) is 5.83. The maximum absolute atomic E-state index is 10.8. The normalized spacial score (nSPS) is 23.9. The lowest BCUT2D eigenvalue weighted by Gasteiger charge is -2.39. The fourth-order valence-electron chi connectivity index (χ4n) is 4.18. The highest BCUT2D eigenvalue weighted by molar-refractivity contribution is 5.92. The van der Waals surface area contributed by atoms with Crippen LogP contribution in [0, 0.1) is 0 Å². The highest BCUT2D eigenvalue weighted by Gasteiger charge is 2.27. The molecule has 148 valence electrons. The van der Waals surface area contributed by atoms with Gasteiger partial charge in [-0.1, -0.05) is 6.07 Å². The van der Waals surface area contributed by atoms with E-state index in [1.807, 2.05) is 18.2 Å². The van der Waals surface area contributed by atoms with Crippen molar-refractivity contribution in [1.29, 1.82) is 0 Å². The van der Waals surface area contributed by atoms with Crippen molar-refractivity contribution >= 4 is 28.8 Å². The number of carbonyl (C=O) groups is 1. The number of benzene rings is 1. The van der Waals surface area contributed by atoms with Gasteiger partial charge in [-0.3, -0.25) is 4.90 Å². The van der Waals surface area contributed by atoms with Crippen LogP contribution < -0.4 is 5.32 Å². The molecule has 0 atom stereocenters. The van der Waals surface area contributed by atoms with E-state index in [0.29, 0.717) is 12.1 Å². The summed E-state index contributed by atoms with van der Waals surface area (Å²) >= 11 is 0. The number of fused-ring (bicyclic) bond motifs is 1. The highest BCUT2D eigenvalue weighted by atomic mass is 16.5. The molecule has 4 rings (SSSR count). The molecule has 7 heteroatoms. The van der Waals surface area contributed by atoms with Crippen LogP contribution in [0.25, 0.3) is 17.0 Å². The molecule has 2 heterocycles. The van der Waals surface area contributed by atoms with E-state index in [1.165, 1.54) is 12.8 Å². The third-order valence-corrected chi connectivity index (χ3v) is 5.68. The molecule has 28 heavy (non-hydrogen) atoms. The summed E-state index contributed by atoms with van der Waals surface area (Å²) in [5.74, 6) is -0.134. The summed E-state index contributed by atoms with van der Waals surface area (Å²) < 4.78 is 5.47. The van der Waals surface area contributed by atoms with Gasteiger partial charge in [0.25, 0.3) is 0 Å². The van der Waals surface area contributed by atoms with Crippen molar-refractivity contribution in [3.63, 3.8) is 0 Å². The fraction of sp³-hybridized carbons (Fsp3) is 0.476. The second kappa shape index (κ2) is 8.67. The van der Waals surface area contributed by atoms with Gasteiger partial charge < -0.3 is 15.2 Å². The largest absolute Gasteiger partial charge is 0.478 e. The number of ether oxygens (including phenoxy) is 1. The summed E-state index contributed by atoms with van der Waals surface area (Å²) in [6.45, 7) is 3.80. The third-order valence-electron chi connectivity index (χ3n) is 5.68. The van der Waals surface area contributed by atoms with Gasteiger partial charge in [-0.15, -0.1) is 0 Å². The number of nitrogens with zero attached hydrogens (tertiary/aromatic N) is 3. The average molecular weight is 382 g/mol. The minimum atomic E-state index is -0.959. The Bertz CT molecular complexity index is 856. The van der Waals surface area contributed by atoms with Gasteiger partial charge in [0.05, 0.1) is 18.7 Å². The predicted molar refractivity (Wildman–Crippen MR) is 108 cm³/mol. The number of aromatic nitrogens is 2. The average Bonchev–Trinajstić information content (AvgIpc) is 2.74. The zero-order valence-corrected chi connectivity index (χ0v) is 15.9. The Morgan fingerprint density at radius 2 is 1.96 bits per heavy atom. The number of nitrogens with one attached hydrogen (secondary N) is 1. The van der Waals surface area contributed by atoms with Gasteiger partial charge in [-0.05, 0) is 49.5 Å². The number of hydrogen-bond acceptors (Lipinski definition) is 6. The van der Waals surface area contributed by atoms with Gasteiger partial charge in [-0.2, -0.15) is 0 Å². The van der Waals surface area contributed by atoms with E-state index in [1.54, 1.807) is 12.4 Å². The first-order chi connectivity index (χ1) is 13.7. The molecule has 2 aromatic rings. The van der Waals surface area contributed by atoms with Crippen LogP contribution in [-0.2, 0) is 9.53 Å². The van der Waals surface area contributed by atoms with Crippen molar-refractivity contribution < 1.29 is 14.6 Å². The molecular formula is C21H26N4O3. The van der Waals surface area contributed by atoms with Gasteiger partial charge >= 0.3 is 5.97 Å². The summed E-state index contributed by atoms with van der Waals surface area (Å²) in [6.07, 6.45) is 8.92. The molecule has 1 aliphatic carbocycles. The van der Waals surface area contributed by atoms with Gasteiger partial charge in [0.2, 0.25) is 0 Å². The predicted octanol–water partition coefficient (Wildman–Crippen LogP) is 2.78. The number of carboxylic acid groups (broad SMARTS) is 1. The van der Waals surface area contributed by atoms with E-state index in [0.717, 1.165) is 67.5 Å². The number of morpholine rings is 1. The molecular weight excluding hydrogens is 356 g/mol. The molecule has 0 unspecified atom stereocenters. The number of rotatable bonds is 5. The molecule has 1 aromatic carbocycles. The zero-order chi connectivity index (χ0) is 19.3. The fourth-order valence-corrected chi connectivity index (χ4v) is 4.18. The van der Waals surface area contributed by atoms with Gasteiger partial charge in [0.1, 0.15) is 12.1 Å². The molecule has 2 fully saturated rings. The van der Waals surface area contributed by atoms with E-state index in [9.17, 15) is 4.79 Å². The van der Waals surface area contributed by atoms with Crippen molar-refractivity contribution in [2.45, 2.75) is 37.8 Å². The van der Waals surface area contributed by atoms with E-state index in [4.69, 9.17) is 9.84 Å². The summed E-state index contributed by atoms with van der Waals surface area (Å²) in [5, 5.41) is 13.4. The number of hydrogen-bond donors (Lipinski definition) is 2. The van der Waals surface area contributed by atoms with Crippen LogP contribution in [0.5, 0.6) is 0 Å². The minimum absolute atomic E-state index is 0.397. The molecule has 1 aliphatic heterocycles. The number of carboxylic acids is 1. The molecule has 0 bridgehead atoms. The monoisotopic (exact) mass is 382 g/mol. The lowest BCUT2D eigenvalue weighted by molar-refractivity contribution is -0.131. The molecule has 0 amide bonds. The Hall–Kier alpha value is -2.51. The third kappa shape index (κ3) is 4.48. The van der Waals surface area contributed by atoms with Gasteiger partial charge in [-0.25, -0.2) is 14.8 Å². The summed E-state index contributed by atoms with van der Waals surface area (Å²) in [6, 6.07) is 6.77. The standard InChI is InChI=1S/C21H26N4O3/c26-20(27)8-2-15-1-7-19-18(13-15)21(23-14-22-19)24-16-3-5-17(6-4-16)25-9-11-28-12-10-25/h1-2,7-8,13-14,16-17H,3-6,9-12H2,(H,26,27)(H,22,23,24). The Morgan fingerprint density at radius 3 is 2.71 bits per heavy atom. The molecule has 1 saturated heterocycles. The topological polar surface area (TPSA) is 87.6 Å². The Morgan fingerprint density at radius 1 is 1.18 bits per heavy atom. The lowest BCUT2D eigenvalue weighted by Crippen LogP contribution is -2.46. The van der Waals surface area contributed by atoms with Crippen LogP contribution >= 0.6 is 0 Å². The van der Waals surface area contributed by atoms with Crippen LogP contribution in [0.15, 0.2) is 30.6 Å². The second-order valence-corrected chi connectivity index (χ2v) is 7.47. The molecule has 2 N–H and O–H groups in total. The first-order valence-electron chi connectivity index (χ1n) is 9.93. The number of anilines is 1. The van der Waals surface area contributed by atoms with Crippen molar-refractivity contribution in [2.75, 3.05) is 31.6 Å². The summed E-state index contributed by atoms with van der Waals surface area (Å²) in [5.41, 5.74) is 1.68. The zero-order valence-electron chi connectivity index (χ0n) is 15.9. The molecule has 2 aliphatic rings. The highest BCUT2D eigenvalue weighted by Crippen LogP contribution is 2.28. The van der Waals surface area contributed by atoms with E-state index < -0.39 is 5.97 Å². The lowest BCUT2D eigenvalue weighted by atomic mass is 9.90. The first kappa shape index (κ1) is 18.8. The summed E-state index contributed by atoms with van der Waals surface area (Å²) in [4.78, 5) is 22.1. The molecule has 0 radical (unpaired) electrons. The van der Waals surface area contributed by atoms with E-state index >= 15 is 0 Å². The summed E-state index contributed by atoms with van der Waals surface area (Å²) in [7, 11) is 0. The van der Waals surface area contributed by atoms with E-state index in [2.05, 4.69) is 20.2 Å². The van der Waals surface area contributed by atoms with E-state index in [-0.39, 0.29) is 0 Å².